The minimum atomic E-state index is -0.678. The molecule has 2 aromatic heterocycles. The van der Waals surface area contributed by atoms with E-state index in [1.165, 1.54) is 0 Å². The van der Waals surface area contributed by atoms with Gasteiger partial charge in [-0.2, -0.15) is 10.1 Å². The predicted octanol–water partition coefficient (Wildman–Crippen LogP) is 1.81. The maximum atomic E-state index is 13.2. The molecule has 8 heteroatoms. The number of hydrogen-bond donors (Lipinski definition) is 2. The summed E-state index contributed by atoms with van der Waals surface area (Å²) >= 11 is 0. The molecule has 26 heavy (non-hydrogen) atoms. The summed E-state index contributed by atoms with van der Waals surface area (Å²) in [5.41, 5.74) is 1.42. The lowest BCUT2D eigenvalue weighted by Crippen LogP contribution is -2.52. The summed E-state index contributed by atoms with van der Waals surface area (Å²) < 4.78 is 7.44. The standard InChI is InChI=1S/C18H22N6O2/c1-23(2)17-22-14-12-13(4-5-15(14)26-17)21-16(25)18(6-9-19-10-7-18)24-11-3-8-20-24/h3-5,8,11-12,19H,6-7,9-10H2,1-2H3,(H,21,25). The molecular formula is C18H22N6O2. The summed E-state index contributed by atoms with van der Waals surface area (Å²) in [4.78, 5) is 19.4. The van der Waals surface area contributed by atoms with Gasteiger partial charge in [-0.3, -0.25) is 9.48 Å². The summed E-state index contributed by atoms with van der Waals surface area (Å²) in [5.74, 6) is -0.0571. The van der Waals surface area contributed by atoms with Gasteiger partial charge in [-0.1, -0.05) is 0 Å². The van der Waals surface area contributed by atoms with Crippen LogP contribution >= 0.6 is 0 Å². The van der Waals surface area contributed by atoms with Crippen LogP contribution in [0.5, 0.6) is 0 Å². The first kappa shape index (κ1) is 16.6. The number of rotatable bonds is 4. The van der Waals surface area contributed by atoms with E-state index in [2.05, 4.69) is 20.7 Å². The maximum Gasteiger partial charge on any atom is 0.297 e. The highest BCUT2D eigenvalue weighted by Crippen LogP contribution is 2.30. The second-order valence-electron chi connectivity index (χ2n) is 6.76. The van der Waals surface area contributed by atoms with Crippen LogP contribution in [0.2, 0.25) is 0 Å². The molecular weight excluding hydrogens is 332 g/mol. The van der Waals surface area contributed by atoms with E-state index in [-0.39, 0.29) is 5.91 Å². The van der Waals surface area contributed by atoms with Crippen molar-refractivity contribution >= 4 is 28.7 Å². The topological polar surface area (TPSA) is 88.2 Å². The lowest BCUT2D eigenvalue weighted by molar-refractivity contribution is -0.126. The fourth-order valence-corrected chi connectivity index (χ4v) is 3.35. The van der Waals surface area contributed by atoms with Crippen molar-refractivity contribution in [1.82, 2.24) is 20.1 Å². The Labute approximate surface area is 151 Å². The highest BCUT2D eigenvalue weighted by molar-refractivity contribution is 5.98. The Balaban J connectivity index is 1.62. The molecule has 0 unspecified atom stereocenters. The molecule has 1 saturated heterocycles. The third-order valence-electron chi connectivity index (χ3n) is 4.81. The van der Waals surface area contributed by atoms with E-state index in [0.29, 0.717) is 35.6 Å². The van der Waals surface area contributed by atoms with E-state index >= 15 is 0 Å². The minimum Gasteiger partial charge on any atom is -0.423 e. The number of fused-ring (bicyclic) bond motifs is 1. The van der Waals surface area contributed by atoms with Crippen molar-refractivity contribution in [3.8, 4) is 0 Å². The summed E-state index contributed by atoms with van der Waals surface area (Å²) in [6.07, 6.45) is 4.95. The number of benzene rings is 1. The van der Waals surface area contributed by atoms with E-state index in [1.54, 1.807) is 15.8 Å². The Kier molecular flexibility index (Phi) is 4.12. The maximum absolute atomic E-state index is 13.2. The Morgan fingerprint density at radius 3 is 2.85 bits per heavy atom. The highest BCUT2D eigenvalue weighted by atomic mass is 16.4. The molecule has 1 aliphatic heterocycles. The number of amides is 1. The van der Waals surface area contributed by atoms with Gasteiger partial charge >= 0.3 is 0 Å². The lowest BCUT2D eigenvalue weighted by Gasteiger charge is -2.36. The first-order chi connectivity index (χ1) is 12.6. The van der Waals surface area contributed by atoms with Crippen LogP contribution in [-0.2, 0) is 10.3 Å². The first-order valence-electron chi connectivity index (χ1n) is 8.69. The molecule has 1 amide bonds. The Bertz CT molecular complexity index is 909. The van der Waals surface area contributed by atoms with Crippen molar-refractivity contribution in [1.29, 1.82) is 0 Å². The molecule has 8 nitrogen and oxygen atoms in total. The van der Waals surface area contributed by atoms with Gasteiger partial charge in [0, 0.05) is 32.2 Å². The summed E-state index contributed by atoms with van der Waals surface area (Å²) in [6.45, 7) is 1.56. The van der Waals surface area contributed by atoms with Crippen LogP contribution in [0.4, 0.5) is 11.7 Å². The zero-order valence-corrected chi connectivity index (χ0v) is 14.9. The zero-order valence-electron chi connectivity index (χ0n) is 14.9. The molecule has 1 fully saturated rings. The Morgan fingerprint density at radius 2 is 2.15 bits per heavy atom. The number of hydrogen-bond acceptors (Lipinski definition) is 6. The zero-order chi connectivity index (χ0) is 18.1. The summed E-state index contributed by atoms with van der Waals surface area (Å²) in [7, 11) is 3.75. The predicted molar refractivity (Wildman–Crippen MR) is 99.3 cm³/mol. The van der Waals surface area contributed by atoms with E-state index in [9.17, 15) is 4.79 Å². The second-order valence-corrected chi connectivity index (χ2v) is 6.76. The average molecular weight is 354 g/mol. The van der Waals surface area contributed by atoms with Crippen LogP contribution in [0.1, 0.15) is 12.8 Å². The Morgan fingerprint density at radius 1 is 1.35 bits per heavy atom. The van der Waals surface area contributed by atoms with Gasteiger partial charge in [0.15, 0.2) is 5.58 Å². The van der Waals surface area contributed by atoms with Crippen LogP contribution in [0.15, 0.2) is 41.1 Å². The smallest absolute Gasteiger partial charge is 0.297 e. The van der Waals surface area contributed by atoms with E-state index in [0.717, 1.165) is 13.1 Å². The largest absolute Gasteiger partial charge is 0.423 e. The molecule has 1 aliphatic rings. The van der Waals surface area contributed by atoms with Gasteiger partial charge in [0.25, 0.3) is 11.9 Å². The SMILES string of the molecule is CN(C)c1nc2cc(NC(=O)C3(n4cccn4)CCNCC3)ccc2o1. The van der Waals surface area contributed by atoms with Crippen molar-refractivity contribution in [2.45, 2.75) is 18.4 Å². The number of piperidine rings is 1. The molecule has 0 aliphatic carbocycles. The molecule has 0 saturated carbocycles. The average Bonchev–Trinajstić information content (AvgIpc) is 3.32. The third-order valence-corrected chi connectivity index (χ3v) is 4.81. The van der Waals surface area contributed by atoms with Crippen LogP contribution in [0.3, 0.4) is 0 Å². The molecule has 1 aromatic carbocycles. The van der Waals surface area contributed by atoms with Crippen molar-refractivity contribution in [3.05, 3.63) is 36.7 Å². The van der Waals surface area contributed by atoms with Crippen LogP contribution in [-0.4, -0.2) is 47.9 Å². The number of carbonyl (C=O) groups is 1. The molecule has 3 heterocycles. The van der Waals surface area contributed by atoms with E-state index < -0.39 is 5.54 Å². The van der Waals surface area contributed by atoms with Gasteiger partial charge in [-0.05, 0) is 50.2 Å². The monoisotopic (exact) mass is 354 g/mol. The minimum absolute atomic E-state index is 0.0571. The number of oxazole rings is 1. The molecule has 136 valence electrons. The Hall–Kier alpha value is -2.87. The molecule has 0 atom stereocenters. The van der Waals surface area contributed by atoms with Crippen molar-refractivity contribution in [3.63, 3.8) is 0 Å². The fraction of sp³-hybridized carbons (Fsp3) is 0.389. The van der Waals surface area contributed by atoms with Crippen molar-refractivity contribution in [2.24, 2.45) is 0 Å². The number of carbonyl (C=O) groups excluding carboxylic acids is 1. The highest BCUT2D eigenvalue weighted by Gasteiger charge is 2.42. The van der Waals surface area contributed by atoms with Gasteiger partial charge in [-0.25, -0.2) is 0 Å². The van der Waals surface area contributed by atoms with Crippen LogP contribution in [0, 0.1) is 0 Å². The fourth-order valence-electron chi connectivity index (χ4n) is 3.35. The number of nitrogens with zero attached hydrogens (tertiary/aromatic N) is 4. The normalized spacial score (nSPS) is 16.5. The van der Waals surface area contributed by atoms with Gasteiger partial charge in [0.2, 0.25) is 0 Å². The molecule has 3 aromatic rings. The van der Waals surface area contributed by atoms with E-state index in [4.69, 9.17) is 4.42 Å². The van der Waals surface area contributed by atoms with Gasteiger partial charge < -0.3 is 20.0 Å². The van der Waals surface area contributed by atoms with Crippen molar-refractivity contribution < 1.29 is 9.21 Å². The molecule has 0 spiro atoms. The molecule has 2 N–H and O–H groups in total. The summed E-state index contributed by atoms with van der Waals surface area (Å²) in [5, 5.41) is 10.7. The summed E-state index contributed by atoms with van der Waals surface area (Å²) in [6, 6.07) is 7.88. The second kappa shape index (κ2) is 6.45. The molecule has 4 rings (SSSR count). The number of nitrogens with one attached hydrogen (secondary N) is 2. The van der Waals surface area contributed by atoms with Gasteiger partial charge in [-0.15, -0.1) is 0 Å². The quantitative estimate of drug-likeness (QED) is 0.743. The van der Waals surface area contributed by atoms with Crippen molar-refractivity contribution in [2.75, 3.05) is 37.4 Å². The number of anilines is 2. The van der Waals surface area contributed by atoms with Crippen LogP contribution in [0.25, 0.3) is 11.1 Å². The first-order valence-corrected chi connectivity index (χ1v) is 8.69. The number of aromatic nitrogens is 3. The van der Waals surface area contributed by atoms with Gasteiger partial charge in [0.05, 0.1) is 0 Å². The lowest BCUT2D eigenvalue weighted by atomic mass is 9.87. The molecule has 0 radical (unpaired) electrons. The third kappa shape index (κ3) is 2.82. The van der Waals surface area contributed by atoms with Crippen LogP contribution < -0.4 is 15.5 Å². The molecule has 0 bridgehead atoms. The van der Waals surface area contributed by atoms with Gasteiger partial charge in [0.1, 0.15) is 11.1 Å². The van der Waals surface area contributed by atoms with E-state index in [1.807, 2.05) is 44.6 Å².